The largest absolute Gasteiger partial charge is 0.356 e. The third-order valence-corrected chi connectivity index (χ3v) is 4.73. The van der Waals surface area contributed by atoms with Crippen molar-refractivity contribution in [2.24, 2.45) is 5.92 Å². The molecule has 25 heavy (non-hydrogen) atoms. The Labute approximate surface area is 148 Å². The summed E-state index contributed by atoms with van der Waals surface area (Å²) >= 11 is 0. The summed E-state index contributed by atoms with van der Waals surface area (Å²) in [6, 6.07) is 5.95. The molecule has 6 nitrogen and oxygen atoms in total. The van der Waals surface area contributed by atoms with Crippen molar-refractivity contribution in [1.82, 2.24) is 20.3 Å². The summed E-state index contributed by atoms with van der Waals surface area (Å²) in [5, 5.41) is 6.10. The standard InChI is InChI=1S/C19H25N5O/c1-13-3-8-18(22-11-13)24-19-20-10-9-17(23-19)16-6-4-15(5-7-16)12-21-14(2)25/h3,8-11,15-16H,4-7,12H2,1-2H3,(H,21,25)(H,20,22,23,24). The van der Waals surface area contributed by atoms with Crippen LogP contribution < -0.4 is 10.6 Å². The molecule has 1 aliphatic rings. The van der Waals surface area contributed by atoms with Crippen LogP contribution in [0, 0.1) is 12.8 Å². The molecule has 1 fully saturated rings. The Morgan fingerprint density at radius 2 is 1.96 bits per heavy atom. The third-order valence-electron chi connectivity index (χ3n) is 4.73. The highest BCUT2D eigenvalue weighted by Gasteiger charge is 2.23. The zero-order valence-electron chi connectivity index (χ0n) is 14.8. The van der Waals surface area contributed by atoms with Gasteiger partial charge in [0, 0.05) is 37.5 Å². The number of carbonyl (C=O) groups excluding carboxylic acids is 1. The van der Waals surface area contributed by atoms with E-state index in [9.17, 15) is 4.79 Å². The molecule has 0 radical (unpaired) electrons. The molecule has 0 bridgehead atoms. The van der Waals surface area contributed by atoms with Gasteiger partial charge in [-0.15, -0.1) is 0 Å². The average Bonchev–Trinajstić information content (AvgIpc) is 2.63. The van der Waals surface area contributed by atoms with E-state index in [1.54, 1.807) is 6.92 Å². The lowest BCUT2D eigenvalue weighted by Gasteiger charge is -2.28. The monoisotopic (exact) mass is 339 g/mol. The van der Waals surface area contributed by atoms with Gasteiger partial charge >= 0.3 is 0 Å². The van der Waals surface area contributed by atoms with Crippen LogP contribution in [-0.4, -0.2) is 27.4 Å². The number of rotatable bonds is 5. The van der Waals surface area contributed by atoms with Crippen LogP contribution in [0.2, 0.25) is 0 Å². The number of amides is 1. The van der Waals surface area contributed by atoms with Crippen LogP contribution in [0.1, 0.15) is 49.8 Å². The molecule has 1 amide bonds. The fraction of sp³-hybridized carbons (Fsp3) is 0.474. The first-order chi connectivity index (χ1) is 12.1. The molecule has 1 saturated carbocycles. The van der Waals surface area contributed by atoms with Crippen molar-refractivity contribution in [1.29, 1.82) is 0 Å². The van der Waals surface area contributed by atoms with E-state index >= 15 is 0 Å². The minimum Gasteiger partial charge on any atom is -0.356 e. The van der Waals surface area contributed by atoms with Gasteiger partial charge in [-0.25, -0.2) is 15.0 Å². The summed E-state index contributed by atoms with van der Waals surface area (Å²) in [6.07, 6.45) is 8.08. The lowest BCUT2D eigenvalue weighted by atomic mass is 9.80. The molecule has 2 aromatic rings. The van der Waals surface area contributed by atoms with E-state index in [4.69, 9.17) is 0 Å². The van der Waals surface area contributed by atoms with E-state index in [1.165, 1.54) is 0 Å². The summed E-state index contributed by atoms with van der Waals surface area (Å²) in [4.78, 5) is 24.4. The molecule has 0 spiro atoms. The lowest BCUT2D eigenvalue weighted by molar-refractivity contribution is -0.119. The molecule has 6 heteroatoms. The number of nitrogens with one attached hydrogen (secondary N) is 2. The summed E-state index contributed by atoms with van der Waals surface area (Å²) < 4.78 is 0. The number of carbonyl (C=O) groups is 1. The smallest absolute Gasteiger partial charge is 0.228 e. The zero-order chi connectivity index (χ0) is 17.6. The van der Waals surface area contributed by atoms with Crippen molar-refractivity contribution in [3.63, 3.8) is 0 Å². The Kier molecular flexibility index (Phi) is 5.58. The number of aryl methyl sites for hydroxylation is 1. The first kappa shape index (κ1) is 17.3. The lowest BCUT2D eigenvalue weighted by Crippen LogP contribution is -2.29. The fourth-order valence-electron chi connectivity index (χ4n) is 3.27. The third kappa shape index (κ3) is 4.98. The summed E-state index contributed by atoms with van der Waals surface area (Å²) in [5.74, 6) is 2.44. The van der Waals surface area contributed by atoms with Gasteiger partial charge in [-0.2, -0.15) is 0 Å². The van der Waals surface area contributed by atoms with Crippen molar-refractivity contribution < 1.29 is 4.79 Å². The minimum atomic E-state index is 0.0540. The van der Waals surface area contributed by atoms with Gasteiger partial charge < -0.3 is 10.6 Å². The fourth-order valence-corrected chi connectivity index (χ4v) is 3.27. The molecule has 132 valence electrons. The Morgan fingerprint density at radius 3 is 2.64 bits per heavy atom. The maximum absolute atomic E-state index is 11.0. The molecule has 3 rings (SSSR count). The van der Waals surface area contributed by atoms with E-state index in [0.717, 1.165) is 49.3 Å². The number of anilines is 2. The second-order valence-corrected chi connectivity index (χ2v) is 6.81. The van der Waals surface area contributed by atoms with Gasteiger partial charge in [-0.1, -0.05) is 6.07 Å². The Morgan fingerprint density at radius 1 is 1.16 bits per heavy atom. The predicted octanol–water partition coefficient (Wildman–Crippen LogP) is 3.33. The molecule has 2 heterocycles. The highest BCUT2D eigenvalue weighted by Crippen LogP contribution is 2.34. The van der Waals surface area contributed by atoms with Gasteiger partial charge in [-0.05, 0) is 56.2 Å². The van der Waals surface area contributed by atoms with Crippen LogP contribution in [0.15, 0.2) is 30.6 Å². The molecule has 2 aromatic heterocycles. The number of nitrogens with zero attached hydrogens (tertiary/aromatic N) is 3. The van der Waals surface area contributed by atoms with Crippen LogP contribution >= 0.6 is 0 Å². The summed E-state index contributed by atoms with van der Waals surface area (Å²) in [5.41, 5.74) is 2.21. The van der Waals surface area contributed by atoms with Crippen molar-refractivity contribution in [2.45, 2.75) is 45.4 Å². The van der Waals surface area contributed by atoms with Gasteiger partial charge in [0.1, 0.15) is 5.82 Å². The SMILES string of the molecule is CC(=O)NCC1CCC(c2ccnc(Nc3ccc(C)cn3)n2)CC1. The van der Waals surface area contributed by atoms with Crippen LogP contribution in [-0.2, 0) is 4.79 Å². The van der Waals surface area contributed by atoms with Gasteiger partial charge in [0.05, 0.1) is 0 Å². The molecule has 0 atom stereocenters. The molecule has 1 aliphatic carbocycles. The van der Waals surface area contributed by atoms with E-state index in [2.05, 4.69) is 25.6 Å². The van der Waals surface area contributed by atoms with Crippen molar-refractivity contribution in [3.05, 3.63) is 41.9 Å². The Bertz CT molecular complexity index is 708. The van der Waals surface area contributed by atoms with Crippen LogP contribution in [0.4, 0.5) is 11.8 Å². The molecular weight excluding hydrogens is 314 g/mol. The molecule has 0 aromatic carbocycles. The second kappa shape index (κ2) is 8.05. The maximum atomic E-state index is 11.0. The maximum Gasteiger partial charge on any atom is 0.228 e. The Balaban J connectivity index is 1.58. The predicted molar refractivity (Wildman–Crippen MR) is 97.7 cm³/mol. The second-order valence-electron chi connectivity index (χ2n) is 6.81. The van der Waals surface area contributed by atoms with Crippen LogP contribution in [0.3, 0.4) is 0 Å². The highest BCUT2D eigenvalue weighted by atomic mass is 16.1. The van der Waals surface area contributed by atoms with E-state index in [-0.39, 0.29) is 5.91 Å². The number of pyridine rings is 1. The van der Waals surface area contributed by atoms with E-state index in [0.29, 0.717) is 17.8 Å². The van der Waals surface area contributed by atoms with Crippen LogP contribution in [0.5, 0.6) is 0 Å². The van der Waals surface area contributed by atoms with Gasteiger partial charge in [0.25, 0.3) is 0 Å². The first-order valence-electron chi connectivity index (χ1n) is 8.87. The molecule has 2 N–H and O–H groups in total. The Hall–Kier alpha value is -2.50. The molecule has 0 aliphatic heterocycles. The molecule has 0 unspecified atom stereocenters. The summed E-state index contributed by atoms with van der Waals surface area (Å²) in [7, 11) is 0. The quantitative estimate of drug-likeness (QED) is 0.873. The van der Waals surface area contributed by atoms with Crippen molar-refractivity contribution in [3.8, 4) is 0 Å². The van der Waals surface area contributed by atoms with E-state index < -0.39 is 0 Å². The zero-order valence-corrected chi connectivity index (χ0v) is 14.8. The number of hydrogen-bond donors (Lipinski definition) is 2. The minimum absolute atomic E-state index is 0.0540. The van der Waals surface area contributed by atoms with E-state index in [1.807, 2.05) is 37.5 Å². The summed E-state index contributed by atoms with van der Waals surface area (Å²) in [6.45, 7) is 4.37. The molecule has 0 saturated heterocycles. The average molecular weight is 339 g/mol. The molecular formula is C19H25N5O. The van der Waals surface area contributed by atoms with Gasteiger partial charge in [0.2, 0.25) is 11.9 Å². The number of hydrogen-bond acceptors (Lipinski definition) is 5. The van der Waals surface area contributed by atoms with Gasteiger partial charge in [-0.3, -0.25) is 4.79 Å². The topological polar surface area (TPSA) is 79.8 Å². The first-order valence-corrected chi connectivity index (χ1v) is 8.87. The van der Waals surface area contributed by atoms with Crippen LogP contribution in [0.25, 0.3) is 0 Å². The van der Waals surface area contributed by atoms with Crippen molar-refractivity contribution in [2.75, 3.05) is 11.9 Å². The normalized spacial score (nSPS) is 20.1. The van der Waals surface area contributed by atoms with Gasteiger partial charge in [0.15, 0.2) is 0 Å². The number of aromatic nitrogens is 3. The highest BCUT2D eigenvalue weighted by molar-refractivity contribution is 5.72. The van der Waals surface area contributed by atoms with Crippen molar-refractivity contribution >= 4 is 17.7 Å².